The summed E-state index contributed by atoms with van der Waals surface area (Å²) < 4.78 is 18.2. The quantitative estimate of drug-likeness (QED) is 0.837. The van der Waals surface area contributed by atoms with Crippen LogP contribution in [0, 0.1) is 11.7 Å². The van der Waals surface area contributed by atoms with E-state index in [1.54, 1.807) is 0 Å². The Kier molecular flexibility index (Phi) is 3.69. The van der Waals surface area contributed by atoms with Gasteiger partial charge in [0.25, 0.3) is 0 Å². The van der Waals surface area contributed by atoms with E-state index in [4.69, 9.17) is 5.11 Å². The summed E-state index contributed by atoms with van der Waals surface area (Å²) in [5.74, 6) is -3.72. The van der Waals surface area contributed by atoms with Gasteiger partial charge in [0.05, 0.1) is 18.6 Å². The van der Waals surface area contributed by atoms with Gasteiger partial charge in [0.2, 0.25) is 5.91 Å². The number of amides is 1. The third kappa shape index (κ3) is 2.47. The van der Waals surface area contributed by atoms with Crippen molar-refractivity contribution in [2.75, 3.05) is 18.6 Å². The molecule has 0 spiro atoms. The number of anilines is 1. The van der Waals surface area contributed by atoms with Gasteiger partial charge in [0.15, 0.2) is 0 Å². The maximum atomic E-state index is 13.6. The molecule has 2 rings (SSSR count). The fraction of sp³-hybridized carbons (Fsp3) is 0.308. The van der Waals surface area contributed by atoms with Crippen LogP contribution in [-0.4, -0.2) is 36.6 Å². The molecule has 1 heterocycles. The van der Waals surface area contributed by atoms with E-state index in [-0.39, 0.29) is 24.6 Å². The molecule has 1 amide bonds. The Balaban J connectivity index is 2.24. The number of esters is 1. The van der Waals surface area contributed by atoms with Crippen LogP contribution in [0.4, 0.5) is 10.1 Å². The number of carboxylic acids is 1. The van der Waals surface area contributed by atoms with Crippen molar-refractivity contribution in [3.8, 4) is 0 Å². The van der Waals surface area contributed by atoms with Crippen LogP contribution < -0.4 is 4.90 Å². The molecule has 20 heavy (non-hydrogen) atoms. The van der Waals surface area contributed by atoms with Crippen LogP contribution in [0.2, 0.25) is 0 Å². The summed E-state index contributed by atoms with van der Waals surface area (Å²) >= 11 is 0. The van der Waals surface area contributed by atoms with Gasteiger partial charge in [0, 0.05) is 18.7 Å². The van der Waals surface area contributed by atoms with Gasteiger partial charge in [-0.2, -0.15) is 0 Å². The smallest absolute Gasteiger partial charge is 0.338 e. The fourth-order valence-electron chi connectivity index (χ4n) is 2.13. The Hall–Kier alpha value is -2.44. The second-order valence-corrected chi connectivity index (χ2v) is 4.40. The van der Waals surface area contributed by atoms with Gasteiger partial charge in [-0.05, 0) is 18.2 Å². The Morgan fingerprint density at radius 1 is 1.45 bits per heavy atom. The first-order valence-corrected chi connectivity index (χ1v) is 5.85. The maximum absolute atomic E-state index is 13.6. The molecule has 1 saturated heterocycles. The normalized spacial score (nSPS) is 18.2. The summed E-state index contributed by atoms with van der Waals surface area (Å²) in [6, 6.07) is 3.40. The number of hydrogen-bond acceptors (Lipinski definition) is 4. The molecule has 1 N–H and O–H groups in total. The molecule has 7 heteroatoms. The summed E-state index contributed by atoms with van der Waals surface area (Å²) in [4.78, 5) is 35.2. The van der Waals surface area contributed by atoms with Crippen molar-refractivity contribution < 1.29 is 28.6 Å². The van der Waals surface area contributed by atoms with E-state index < -0.39 is 29.2 Å². The lowest BCUT2D eigenvalue weighted by molar-refractivity contribution is -0.145. The van der Waals surface area contributed by atoms with E-state index >= 15 is 0 Å². The molecular formula is C13H12FNO5. The molecule has 1 unspecified atom stereocenters. The average molecular weight is 281 g/mol. The molecule has 0 aromatic heterocycles. The second-order valence-electron chi connectivity index (χ2n) is 4.40. The van der Waals surface area contributed by atoms with E-state index in [1.807, 2.05) is 0 Å². The summed E-state index contributed by atoms with van der Waals surface area (Å²) in [6.07, 6.45) is -0.00499. The van der Waals surface area contributed by atoms with Crippen LogP contribution in [0.5, 0.6) is 0 Å². The first-order chi connectivity index (χ1) is 9.43. The molecule has 0 bridgehead atoms. The van der Waals surface area contributed by atoms with E-state index in [0.717, 1.165) is 12.1 Å². The number of hydrogen-bond donors (Lipinski definition) is 1. The lowest BCUT2D eigenvalue weighted by Gasteiger charge is -2.16. The summed E-state index contributed by atoms with van der Waals surface area (Å²) in [6.45, 7) is 0.0946. The van der Waals surface area contributed by atoms with Crippen LogP contribution in [0.1, 0.15) is 16.8 Å². The fourth-order valence-corrected chi connectivity index (χ4v) is 2.13. The Bertz CT molecular complexity index is 586. The van der Waals surface area contributed by atoms with E-state index in [9.17, 15) is 18.8 Å². The van der Waals surface area contributed by atoms with Gasteiger partial charge in [-0.15, -0.1) is 0 Å². The number of carbonyl (C=O) groups excluding carboxylic acids is 2. The topological polar surface area (TPSA) is 83.9 Å². The molecule has 6 nitrogen and oxygen atoms in total. The monoisotopic (exact) mass is 281 g/mol. The lowest BCUT2D eigenvalue weighted by atomic mass is 10.1. The molecule has 1 aliphatic heterocycles. The van der Waals surface area contributed by atoms with Gasteiger partial charge in [-0.3, -0.25) is 9.59 Å². The number of nitrogens with zero attached hydrogens (tertiary/aromatic N) is 1. The summed E-state index contributed by atoms with van der Waals surface area (Å²) in [5, 5.41) is 8.74. The highest BCUT2D eigenvalue weighted by molar-refractivity contribution is 6.00. The standard InChI is InChI=1S/C13H12FNO5/c1-20-13(19)7-4-11(16)15(6-7)8-2-3-9(12(17)18)10(14)5-8/h2-3,5,7H,4,6H2,1H3,(H,17,18). The zero-order valence-corrected chi connectivity index (χ0v) is 10.6. The largest absolute Gasteiger partial charge is 0.478 e. The molecule has 0 saturated carbocycles. The van der Waals surface area contributed by atoms with E-state index in [1.165, 1.54) is 18.1 Å². The second kappa shape index (κ2) is 5.28. The molecule has 0 radical (unpaired) electrons. The van der Waals surface area contributed by atoms with Crippen molar-refractivity contribution in [1.29, 1.82) is 0 Å². The van der Waals surface area contributed by atoms with Gasteiger partial charge in [-0.25, -0.2) is 9.18 Å². The van der Waals surface area contributed by atoms with E-state index in [0.29, 0.717) is 0 Å². The third-order valence-electron chi connectivity index (χ3n) is 3.15. The molecule has 1 aliphatic rings. The predicted octanol–water partition coefficient (Wildman–Crippen LogP) is 1.05. The van der Waals surface area contributed by atoms with Crippen LogP contribution in [0.25, 0.3) is 0 Å². The number of benzene rings is 1. The zero-order chi connectivity index (χ0) is 14.9. The van der Waals surface area contributed by atoms with Crippen LogP contribution >= 0.6 is 0 Å². The minimum atomic E-state index is -1.38. The number of methoxy groups -OCH3 is 1. The van der Waals surface area contributed by atoms with Crippen molar-refractivity contribution in [2.45, 2.75) is 6.42 Å². The number of rotatable bonds is 3. The Labute approximate surface area is 113 Å². The highest BCUT2D eigenvalue weighted by Crippen LogP contribution is 2.27. The Morgan fingerprint density at radius 2 is 2.15 bits per heavy atom. The number of carbonyl (C=O) groups is 3. The van der Waals surface area contributed by atoms with Gasteiger partial charge >= 0.3 is 11.9 Å². The average Bonchev–Trinajstić information content (AvgIpc) is 2.79. The van der Waals surface area contributed by atoms with E-state index in [2.05, 4.69) is 4.74 Å². The molecule has 106 valence electrons. The van der Waals surface area contributed by atoms with Crippen molar-refractivity contribution in [3.05, 3.63) is 29.6 Å². The maximum Gasteiger partial charge on any atom is 0.338 e. The molecule has 1 fully saturated rings. The first kappa shape index (κ1) is 14.0. The first-order valence-electron chi connectivity index (χ1n) is 5.85. The highest BCUT2D eigenvalue weighted by Gasteiger charge is 2.36. The zero-order valence-electron chi connectivity index (χ0n) is 10.6. The number of carboxylic acid groups (broad SMARTS) is 1. The predicted molar refractivity (Wildman–Crippen MR) is 65.8 cm³/mol. The van der Waals surface area contributed by atoms with Crippen LogP contribution in [0.3, 0.4) is 0 Å². The number of aromatic carboxylic acids is 1. The Morgan fingerprint density at radius 3 is 2.70 bits per heavy atom. The van der Waals surface area contributed by atoms with Crippen molar-refractivity contribution in [3.63, 3.8) is 0 Å². The third-order valence-corrected chi connectivity index (χ3v) is 3.15. The van der Waals surface area contributed by atoms with Gasteiger partial charge < -0.3 is 14.7 Å². The molecule has 1 aromatic rings. The SMILES string of the molecule is COC(=O)C1CC(=O)N(c2ccc(C(=O)O)c(F)c2)C1. The highest BCUT2D eigenvalue weighted by atomic mass is 19.1. The van der Waals surface area contributed by atoms with Crippen molar-refractivity contribution >= 4 is 23.5 Å². The number of halogens is 1. The minimum Gasteiger partial charge on any atom is -0.478 e. The lowest BCUT2D eigenvalue weighted by Crippen LogP contribution is -2.26. The minimum absolute atomic E-state index is 0.00499. The molecule has 1 aromatic carbocycles. The molecule has 1 atom stereocenters. The van der Waals surface area contributed by atoms with Crippen LogP contribution in [-0.2, 0) is 14.3 Å². The van der Waals surface area contributed by atoms with Gasteiger partial charge in [-0.1, -0.05) is 0 Å². The van der Waals surface area contributed by atoms with Crippen molar-refractivity contribution in [1.82, 2.24) is 0 Å². The molecule has 0 aliphatic carbocycles. The summed E-state index contributed by atoms with van der Waals surface area (Å²) in [7, 11) is 1.23. The molecular weight excluding hydrogens is 269 g/mol. The summed E-state index contributed by atoms with van der Waals surface area (Å²) in [5.41, 5.74) is -0.242. The van der Waals surface area contributed by atoms with Gasteiger partial charge in [0.1, 0.15) is 5.82 Å². The number of ether oxygens (including phenoxy) is 1. The van der Waals surface area contributed by atoms with Crippen LogP contribution in [0.15, 0.2) is 18.2 Å². The van der Waals surface area contributed by atoms with Crippen molar-refractivity contribution in [2.24, 2.45) is 5.92 Å².